The molecule has 1 aromatic carbocycles. The molecule has 0 fully saturated rings. The zero-order valence-electron chi connectivity index (χ0n) is 10.3. The Bertz CT molecular complexity index is 486. The summed E-state index contributed by atoms with van der Waals surface area (Å²) in [5.74, 6) is 6.45. The van der Waals surface area contributed by atoms with E-state index in [2.05, 4.69) is 39.8 Å². The molecule has 0 radical (unpaired) electrons. The first-order valence-electron chi connectivity index (χ1n) is 5.94. The van der Waals surface area contributed by atoms with E-state index < -0.39 is 0 Å². The van der Waals surface area contributed by atoms with Gasteiger partial charge in [-0.3, -0.25) is 5.43 Å². The summed E-state index contributed by atoms with van der Waals surface area (Å²) in [6, 6.07) is 12.3. The number of nitrogens with two attached hydrogens (primary N) is 1. The molecular formula is C13H17N5. The van der Waals surface area contributed by atoms with Crippen LogP contribution < -0.4 is 16.6 Å². The fourth-order valence-corrected chi connectivity index (χ4v) is 1.79. The second kappa shape index (κ2) is 5.97. The van der Waals surface area contributed by atoms with E-state index in [1.807, 2.05) is 24.3 Å². The van der Waals surface area contributed by atoms with E-state index in [-0.39, 0.29) is 6.04 Å². The number of nitrogens with zero attached hydrogens (tertiary/aromatic N) is 2. The summed E-state index contributed by atoms with van der Waals surface area (Å²) in [6.07, 6.45) is 2.64. The molecule has 94 valence electrons. The standard InChI is InChI=1S/C13H17N5/c1-2-11(10-6-4-3-5-7-10)16-12-8-9-15-13(17-12)18-14/h3-9,11H,2,14H2,1H3,(H2,15,16,17,18). The third kappa shape index (κ3) is 2.95. The third-order valence-electron chi connectivity index (χ3n) is 2.72. The van der Waals surface area contributed by atoms with Crippen LogP contribution in [0.25, 0.3) is 0 Å². The SMILES string of the molecule is CCC(Nc1ccnc(NN)n1)c1ccccc1. The summed E-state index contributed by atoms with van der Waals surface area (Å²) in [4.78, 5) is 8.22. The molecule has 1 heterocycles. The van der Waals surface area contributed by atoms with Crippen molar-refractivity contribution in [2.45, 2.75) is 19.4 Å². The molecule has 0 saturated heterocycles. The van der Waals surface area contributed by atoms with Crippen molar-refractivity contribution in [3.05, 3.63) is 48.2 Å². The van der Waals surface area contributed by atoms with Crippen LogP contribution in [0.15, 0.2) is 42.6 Å². The zero-order valence-corrected chi connectivity index (χ0v) is 10.3. The maximum Gasteiger partial charge on any atom is 0.239 e. The summed E-state index contributed by atoms with van der Waals surface area (Å²) in [7, 11) is 0. The molecule has 1 atom stereocenters. The number of aromatic nitrogens is 2. The van der Waals surface area contributed by atoms with Crippen molar-refractivity contribution in [2.24, 2.45) is 5.84 Å². The van der Waals surface area contributed by atoms with E-state index in [9.17, 15) is 0 Å². The Morgan fingerprint density at radius 3 is 2.67 bits per heavy atom. The van der Waals surface area contributed by atoms with Crippen molar-refractivity contribution in [1.29, 1.82) is 0 Å². The molecule has 0 aliphatic rings. The second-order valence-electron chi connectivity index (χ2n) is 3.93. The number of nitrogen functional groups attached to an aromatic ring is 1. The van der Waals surface area contributed by atoms with Gasteiger partial charge in [0.25, 0.3) is 0 Å². The van der Waals surface area contributed by atoms with E-state index in [1.54, 1.807) is 6.20 Å². The summed E-state index contributed by atoms with van der Waals surface area (Å²) in [5.41, 5.74) is 3.67. The predicted molar refractivity (Wildman–Crippen MR) is 72.9 cm³/mol. The first-order chi connectivity index (χ1) is 8.83. The van der Waals surface area contributed by atoms with Gasteiger partial charge in [0.05, 0.1) is 6.04 Å². The Hall–Kier alpha value is -2.14. The molecular weight excluding hydrogens is 226 g/mol. The van der Waals surface area contributed by atoms with Crippen LogP contribution in [0.1, 0.15) is 24.9 Å². The van der Waals surface area contributed by atoms with Crippen LogP contribution in [-0.4, -0.2) is 9.97 Å². The minimum atomic E-state index is 0.228. The van der Waals surface area contributed by atoms with Gasteiger partial charge < -0.3 is 5.32 Å². The summed E-state index contributed by atoms with van der Waals surface area (Å²) < 4.78 is 0. The van der Waals surface area contributed by atoms with Crippen LogP contribution in [0.2, 0.25) is 0 Å². The monoisotopic (exact) mass is 243 g/mol. The highest BCUT2D eigenvalue weighted by Crippen LogP contribution is 2.21. The van der Waals surface area contributed by atoms with Crippen LogP contribution in [0.3, 0.4) is 0 Å². The molecule has 0 aliphatic heterocycles. The number of hydrogen-bond acceptors (Lipinski definition) is 5. The molecule has 2 aromatic rings. The topological polar surface area (TPSA) is 75.9 Å². The van der Waals surface area contributed by atoms with Crippen molar-refractivity contribution in [1.82, 2.24) is 9.97 Å². The maximum absolute atomic E-state index is 5.29. The Morgan fingerprint density at radius 1 is 1.22 bits per heavy atom. The molecule has 4 N–H and O–H groups in total. The summed E-state index contributed by atoms with van der Waals surface area (Å²) in [6.45, 7) is 2.13. The molecule has 1 aromatic heterocycles. The average molecular weight is 243 g/mol. The molecule has 0 bridgehead atoms. The molecule has 1 unspecified atom stereocenters. The van der Waals surface area contributed by atoms with Gasteiger partial charge in [-0.2, -0.15) is 4.98 Å². The molecule has 0 amide bonds. The average Bonchev–Trinajstić information content (AvgIpc) is 2.46. The minimum absolute atomic E-state index is 0.228. The molecule has 0 aliphatic carbocycles. The first kappa shape index (κ1) is 12.3. The molecule has 5 nitrogen and oxygen atoms in total. The van der Waals surface area contributed by atoms with Crippen LogP contribution in [0.5, 0.6) is 0 Å². The van der Waals surface area contributed by atoms with Gasteiger partial charge in [-0.25, -0.2) is 10.8 Å². The zero-order chi connectivity index (χ0) is 12.8. The van der Waals surface area contributed by atoms with E-state index in [0.29, 0.717) is 5.95 Å². The van der Waals surface area contributed by atoms with E-state index in [4.69, 9.17) is 5.84 Å². The normalized spacial score (nSPS) is 11.9. The Balaban J connectivity index is 2.15. The predicted octanol–water partition coefficient (Wildman–Crippen LogP) is 2.33. The largest absolute Gasteiger partial charge is 0.363 e. The van der Waals surface area contributed by atoms with Crippen molar-refractivity contribution < 1.29 is 0 Å². The first-order valence-corrected chi connectivity index (χ1v) is 5.94. The lowest BCUT2D eigenvalue weighted by atomic mass is 10.0. The molecule has 18 heavy (non-hydrogen) atoms. The molecule has 0 spiro atoms. The second-order valence-corrected chi connectivity index (χ2v) is 3.93. The lowest BCUT2D eigenvalue weighted by Gasteiger charge is -2.18. The fraction of sp³-hybridized carbons (Fsp3) is 0.231. The van der Waals surface area contributed by atoms with Gasteiger partial charge in [-0.15, -0.1) is 0 Å². The number of anilines is 2. The van der Waals surface area contributed by atoms with Gasteiger partial charge in [-0.05, 0) is 18.1 Å². The Kier molecular flexibility index (Phi) is 4.09. The minimum Gasteiger partial charge on any atom is -0.363 e. The van der Waals surface area contributed by atoms with Crippen molar-refractivity contribution in [3.63, 3.8) is 0 Å². The quantitative estimate of drug-likeness (QED) is 0.555. The van der Waals surface area contributed by atoms with Crippen molar-refractivity contribution in [3.8, 4) is 0 Å². The van der Waals surface area contributed by atoms with E-state index in [1.165, 1.54) is 5.56 Å². The number of hydrazine groups is 1. The lowest BCUT2D eigenvalue weighted by Crippen LogP contribution is -2.14. The van der Waals surface area contributed by atoms with Gasteiger partial charge in [-0.1, -0.05) is 37.3 Å². The highest BCUT2D eigenvalue weighted by atomic mass is 15.3. The smallest absolute Gasteiger partial charge is 0.239 e. The van der Waals surface area contributed by atoms with Crippen LogP contribution >= 0.6 is 0 Å². The lowest BCUT2D eigenvalue weighted by molar-refractivity contribution is 0.744. The molecule has 2 rings (SSSR count). The van der Waals surface area contributed by atoms with E-state index >= 15 is 0 Å². The number of rotatable bonds is 5. The highest BCUT2D eigenvalue weighted by Gasteiger charge is 2.09. The van der Waals surface area contributed by atoms with Gasteiger partial charge >= 0.3 is 0 Å². The fourth-order valence-electron chi connectivity index (χ4n) is 1.79. The van der Waals surface area contributed by atoms with Crippen LogP contribution in [0.4, 0.5) is 11.8 Å². The number of nitrogens with one attached hydrogen (secondary N) is 2. The summed E-state index contributed by atoms with van der Waals surface area (Å²) >= 11 is 0. The Labute approximate surface area is 106 Å². The van der Waals surface area contributed by atoms with Gasteiger partial charge in [0.2, 0.25) is 5.95 Å². The molecule has 0 saturated carbocycles. The van der Waals surface area contributed by atoms with Crippen molar-refractivity contribution >= 4 is 11.8 Å². The maximum atomic E-state index is 5.29. The molecule has 5 heteroatoms. The highest BCUT2D eigenvalue weighted by molar-refractivity contribution is 5.41. The summed E-state index contributed by atoms with van der Waals surface area (Å²) in [5, 5.41) is 3.37. The number of benzene rings is 1. The van der Waals surface area contributed by atoms with Gasteiger partial charge in [0, 0.05) is 6.20 Å². The number of hydrogen-bond donors (Lipinski definition) is 3. The Morgan fingerprint density at radius 2 is 2.00 bits per heavy atom. The van der Waals surface area contributed by atoms with E-state index in [0.717, 1.165) is 12.2 Å². The van der Waals surface area contributed by atoms with Crippen LogP contribution in [-0.2, 0) is 0 Å². The third-order valence-corrected chi connectivity index (χ3v) is 2.72. The van der Waals surface area contributed by atoms with Gasteiger partial charge in [0.15, 0.2) is 0 Å². The van der Waals surface area contributed by atoms with Crippen LogP contribution in [0, 0.1) is 0 Å². The van der Waals surface area contributed by atoms with Gasteiger partial charge in [0.1, 0.15) is 5.82 Å². The van der Waals surface area contributed by atoms with Crippen molar-refractivity contribution in [2.75, 3.05) is 10.7 Å².